The minimum atomic E-state index is -0.940. The highest BCUT2D eigenvalue weighted by Gasteiger charge is 2.18. The number of rotatable bonds is 3. The Hall–Kier alpha value is -2.90. The fraction of sp³-hybridized carbons (Fsp3) is 0.0952. The molecule has 3 aromatic heterocycles. The summed E-state index contributed by atoms with van der Waals surface area (Å²) in [7, 11) is 0. The summed E-state index contributed by atoms with van der Waals surface area (Å²) >= 11 is 7.67. The molecule has 144 valence electrons. The minimum absolute atomic E-state index is 0.0190. The SMILES string of the molecule is Cc1ncsc1-c1nc2cc(Cl)ccc2n1Cc1ccnc2c(F)c(F)ccc12. The first-order valence-electron chi connectivity index (χ1n) is 8.81. The third-order valence-electron chi connectivity index (χ3n) is 4.88. The summed E-state index contributed by atoms with van der Waals surface area (Å²) in [5.74, 6) is -1.09. The van der Waals surface area contributed by atoms with Gasteiger partial charge in [0.25, 0.3) is 0 Å². The van der Waals surface area contributed by atoms with Crippen LogP contribution in [0.5, 0.6) is 0 Å². The Balaban J connectivity index is 1.75. The van der Waals surface area contributed by atoms with Crippen LogP contribution in [0, 0.1) is 18.6 Å². The molecule has 29 heavy (non-hydrogen) atoms. The lowest BCUT2D eigenvalue weighted by Crippen LogP contribution is -2.04. The first kappa shape index (κ1) is 18.1. The lowest BCUT2D eigenvalue weighted by molar-refractivity contribution is 0.515. The highest BCUT2D eigenvalue weighted by Crippen LogP contribution is 2.32. The number of fused-ring (bicyclic) bond motifs is 2. The largest absolute Gasteiger partial charge is 0.319 e. The van der Waals surface area contributed by atoms with Gasteiger partial charge in [-0.2, -0.15) is 0 Å². The molecule has 2 aromatic carbocycles. The molecule has 0 amide bonds. The van der Waals surface area contributed by atoms with Crippen LogP contribution in [0.4, 0.5) is 8.78 Å². The number of halogens is 3. The van der Waals surface area contributed by atoms with Gasteiger partial charge >= 0.3 is 0 Å². The molecular weight excluding hydrogens is 414 g/mol. The molecule has 0 saturated carbocycles. The van der Waals surface area contributed by atoms with E-state index in [1.807, 2.05) is 35.8 Å². The molecule has 0 atom stereocenters. The van der Waals surface area contributed by atoms with E-state index in [1.54, 1.807) is 11.6 Å². The number of nitrogens with zero attached hydrogens (tertiary/aromatic N) is 4. The molecule has 0 fully saturated rings. The van der Waals surface area contributed by atoms with Crippen molar-refractivity contribution in [2.75, 3.05) is 0 Å². The molecule has 0 unspecified atom stereocenters. The summed E-state index contributed by atoms with van der Waals surface area (Å²) in [6.07, 6.45) is 1.49. The van der Waals surface area contributed by atoms with Crippen LogP contribution in [-0.2, 0) is 6.54 Å². The predicted octanol–water partition coefficient (Wildman–Crippen LogP) is 6.00. The molecular formula is C21H13ClF2N4S. The zero-order chi connectivity index (χ0) is 20.1. The lowest BCUT2D eigenvalue weighted by atomic mass is 10.1. The van der Waals surface area contributed by atoms with E-state index >= 15 is 0 Å². The van der Waals surface area contributed by atoms with E-state index in [2.05, 4.69) is 9.97 Å². The smallest absolute Gasteiger partial charge is 0.184 e. The third-order valence-corrected chi connectivity index (χ3v) is 6.04. The van der Waals surface area contributed by atoms with Gasteiger partial charge in [-0.15, -0.1) is 11.3 Å². The molecule has 0 bridgehead atoms. The van der Waals surface area contributed by atoms with Crippen molar-refractivity contribution in [2.24, 2.45) is 0 Å². The fourth-order valence-corrected chi connectivity index (χ4v) is 4.44. The molecule has 5 aromatic rings. The Morgan fingerprint density at radius 2 is 1.97 bits per heavy atom. The number of thiazole rings is 1. The van der Waals surface area contributed by atoms with Crippen LogP contribution in [-0.4, -0.2) is 19.5 Å². The molecule has 5 rings (SSSR count). The van der Waals surface area contributed by atoms with Crippen molar-refractivity contribution in [3.63, 3.8) is 0 Å². The number of hydrogen-bond acceptors (Lipinski definition) is 4. The lowest BCUT2D eigenvalue weighted by Gasteiger charge is -2.12. The molecule has 0 aliphatic rings. The van der Waals surface area contributed by atoms with Crippen molar-refractivity contribution in [1.82, 2.24) is 19.5 Å². The van der Waals surface area contributed by atoms with Crippen LogP contribution < -0.4 is 0 Å². The molecule has 0 aliphatic heterocycles. The quantitative estimate of drug-likeness (QED) is 0.355. The van der Waals surface area contributed by atoms with E-state index in [4.69, 9.17) is 16.6 Å². The van der Waals surface area contributed by atoms with Gasteiger partial charge in [-0.05, 0) is 48.9 Å². The van der Waals surface area contributed by atoms with Crippen LogP contribution in [0.1, 0.15) is 11.3 Å². The van der Waals surface area contributed by atoms with Gasteiger partial charge in [-0.1, -0.05) is 11.6 Å². The summed E-state index contributed by atoms with van der Waals surface area (Å²) in [6.45, 7) is 2.34. The normalized spacial score (nSPS) is 11.6. The fourth-order valence-electron chi connectivity index (χ4n) is 3.48. The zero-order valence-corrected chi connectivity index (χ0v) is 16.7. The van der Waals surface area contributed by atoms with Crippen molar-refractivity contribution in [2.45, 2.75) is 13.5 Å². The summed E-state index contributed by atoms with van der Waals surface area (Å²) in [5.41, 5.74) is 5.14. The first-order chi connectivity index (χ1) is 14.0. The van der Waals surface area contributed by atoms with Crippen molar-refractivity contribution < 1.29 is 8.78 Å². The van der Waals surface area contributed by atoms with E-state index in [9.17, 15) is 8.78 Å². The topological polar surface area (TPSA) is 43.6 Å². The Kier molecular flexibility index (Phi) is 4.29. The number of imidazole rings is 1. The Morgan fingerprint density at radius 1 is 1.10 bits per heavy atom. The third kappa shape index (κ3) is 2.97. The molecule has 3 heterocycles. The standard InChI is InChI=1S/C21H13ClF2N4S/c1-11-20(29-10-26-11)21-27-16-8-13(22)2-5-17(16)28(21)9-12-6-7-25-19-14(12)3-4-15(23)18(19)24/h2-8,10H,9H2,1H3. The zero-order valence-electron chi connectivity index (χ0n) is 15.2. The van der Waals surface area contributed by atoms with Gasteiger partial charge in [-0.3, -0.25) is 4.98 Å². The van der Waals surface area contributed by atoms with Gasteiger partial charge < -0.3 is 4.57 Å². The summed E-state index contributed by atoms with van der Waals surface area (Å²) in [5, 5.41) is 1.16. The number of aryl methyl sites for hydroxylation is 1. The van der Waals surface area contributed by atoms with E-state index in [-0.39, 0.29) is 5.52 Å². The molecule has 4 nitrogen and oxygen atoms in total. The predicted molar refractivity (Wildman–Crippen MR) is 111 cm³/mol. The molecule has 0 aliphatic carbocycles. The molecule has 0 saturated heterocycles. The van der Waals surface area contributed by atoms with Gasteiger partial charge in [0.15, 0.2) is 17.5 Å². The Bertz CT molecular complexity index is 1390. The van der Waals surface area contributed by atoms with Gasteiger partial charge in [-0.25, -0.2) is 18.7 Å². The molecule has 8 heteroatoms. The van der Waals surface area contributed by atoms with Crippen LogP contribution in [0.3, 0.4) is 0 Å². The second kappa shape index (κ2) is 6.86. The minimum Gasteiger partial charge on any atom is -0.319 e. The van der Waals surface area contributed by atoms with Gasteiger partial charge in [0.1, 0.15) is 5.52 Å². The van der Waals surface area contributed by atoms with Crippen LogP contribution in [0.15, 0.2) is 48.1 Å². The van der Waals surface area contributed by atoms with Crippen molar-refractivity contribution >= 4 is 44.9 Å². The van der Waals surface area contributed by atoms with E-state index in [0.717, 1.165) is 39.1 Å². The summed E-state index contributed by atoms with van der Waals surface area (Å²) < 4.78 is 29.9. The monoisotopic (exact) mass is 426 g/mol. The van der Waals surface area contributed by atoms with Gasteiger partial charge in [0, 0.05) is 16.6 Å². The van der Waals surface area contributed by atoms with E-state index in [1.165, 1.54) is 17.5 Å². The van der Waals surface area contributed by atoms with Gasteiger partial charge in [0.2, 0.25) is 0 Å². The highest BCUT2D eigenvalue weighted by molar-refractivity contribution is 7.13. The van der Waals surface area contributed by atoms with Crippen molar-refractivity contribution in [1.29, 1.82) is 0 Å². The van der Waals surface area contributed by atoms with E-state index < -0.39 is 11.6 Å². The molecule has 0 spiro atoms. The van der Waals surface area contributed by atoms with Crippen LogP contribution in [0.25, 0.3) is 32.6 Å². The van der Waals surface area contributed by atoms with Crippen molar-refractivity contribution in [3.8, 4) is 10.7 Å². The second-order valence-electron chi connectivity index (χ2n) is 6.65. The first-order valence-corrected chi connectivity index (χ1v) is 10.1. The van der Waals surface area contributed by atoms with Crippen LogP contribution in [0.2, 0.25) is 5.02 Å². The number of benzene rings is 2. The molecule has 0 radical (unpaired) electrons. The maximum atomic E-state index is 14.2. The number of aromatic nitrogens is 4. The molecule has 0 N–H and O–H groups in total. The van der Waals surface area contributed by atoms with E-state index in [0.29, 0.717) is 17.0 Å². The Labute approximate surface area is 173 Å². The number of hydrogen-bond donors (Lipinski definition) is 0. The summed E-state index contributed by atoms with van der Waals surface area (Å²) in [6, 6.07) is 10.0. The second-order valence-corrected chi connectivity index (χ2v) is 7.94. The maximum Gasteiger partial charge on any atom is 0.184 e. The number of pyridine rings is 1. The summed E-state index contributed by atoms with van der Waals surface area (Å²) in [4.78, 5) is 14.1. The average Bonchev–Trinajstić information content (AvgIpc) is 3.28. The van der Waals surface area contributed by atoms with Crippen molar-refractivity contribution in [3.05, 3.63) is 76.0 Å². The van der Waals surface area contributed by atoms with Crippen LogP contribution >= 0.6 is 22.9 Å². The Morgan fingerprint density at radius 3 is 2.76 bits per heavy atom. The average molecular weight is 427 g/mol. The highest BCUT2D eigenvalue weighted by atomic mass is 35.5. The maximum absolute atomic E-state index is 14.2. The van der Waals surface area contributed by atoms with Gasteiger partial charge in [0.05, 0.1) is 33.7 Å².